The first-order chi connectivity index (χ1) is 16.4. The molecular formula is C26H22FN3O3S. The molecule has 5 rings (SSSR count). The van der Waals surface area contributed by atoms with Gasteiger partial charge in [0.15, 0.2) is 0 Å². The molecule has 6 nitrogen and oxygen atoms in total. The highest BCUT2D eigenvalue weighted by Gasteiger charge is 2.31. The predicted molar refractivity (Wildman–Crippen MR) is 128 cm³/mol. The Labute approximate surface area is 197 Å². The summed E-state index contributed by atoms with van der Waals surface area (Å²) in [4.78, 5) is 20.0. The number of sulfonamides is 1. The van der Waals surface area contributed by atoms with Gasteiger partial charge >= 0.3 is 0 Å². The summed E-state index contributed by atoms with van der Waals surface area (Å²) in [6.07, 6.45) is 0. The summed E-state index contributed by atoms with van der Waals surface area (Å²) in [5, 5.41) is 0.758. The van der Waals surface area contributed by atoms with Crippen molar-refractivity contribution in [1.82, 2.24) is 14.2 Å². The van der Waals surface area contributed by atoms with E-state index < -0.39 is 15.8 Å². The number of pyridine rings is 1. The summed E-state index contributed by atoms with van der Waals surface area (Å²) in [6.45, 7) is 0.854. The van der Waals surface area contributed by atoms with E-state index in [-0.39, 0.29) is 37.0 Å². The summed E-state index contributed by atoms with van der Waals surface area (Å²) in [7, 11) is -3.75. The quantitative estimate of drug-likeness (QED) is 0.444. The molecule has 0 saturated carbocycles. The Morgan fingerprint density at radius 2 is 1.47 bits per heavy atom. The number of carbonyl (C=O) groups excluding carboxylic acids is 1. The lowest BCUT2D eigenvalue weighted by molar-refractivity contribution is 0.0700. The molecule has 1 aliphatic rings. The SMILES string of the molecule is O=C(c1cc(-c2ccccc2)nc2ccccc12)N1CCN(S(=O)(=O)c2ccc(F)cc2)CC1. The summed E-state index contributed by atoms with van der Waals surface area (Å²) in [5.41, 5.74) is 2.89. The van der Waals surface area contributed by atoms with E-state index in [4.69, 9.17) is 4.98 Å². The maximum Gasteiger partial charge on any atom is 0.254 e. The topological polar surface area (TPSA) is 70.6 Å². The van der Waals surface area contributed by atoms with Crippen molar-refractivity contribution in [2.24, 2.45) is 0 Å². The largest absolute Gasteiger partial charge is 0.336 e. The summed E-state index contributed by atoms with van der Waals surface area (Å²) in [6, 6.07) is 23.8. The number of carbonyl (C=O) groups is 1. The van der Waals surface area contributed by atoms with Crippen molar-refractivity contribution >= 4 is 26.8 Å². The minimum absolute atomic E-state index is 0.0429. The molecule has 3 aromatic carbocycles. The second kappa shape index (κ2) is 8.96. The van der Waals surface area contributed by atoms with E-state index >= 15 is 0 Å². The molecule has 1 aliphatic heterocycles. The van der Waals surface area contributed by atoms with Crippen LogP contribution in [0.4, 0.5) is 4.39 Å². The van der Waals surface area contributed by atoms with Gasteiger partial charge in [-0.25, -0.2) is 17.8 Å². The number of nitrogens with zero attached hydrogens (tertiary/aromatic N) is 3. The minimum Gasteiger partial charge on any atom is -0.336 e. The van der Waals surface area contributed by atoms with Gasteiger partial charge in [0.2, 0.25) is 10.0 Å². The molecule has 172 valence electrons. The molecule has 1 fully saturated rings. The van der Waals surface area contributed by atoms with Crippen molar-refractivity contribution in [1.29, 1.82) is 0 Å². The van der Waals surface area contributed by atoms with E-state index in [1.54, 1.807) is 4.90 Å². The molecule has 0 radical (unpaired) electrons. The third kappa shape index (κ3) is 4.18. The van der Waals surface area contributed by atoms with E-state index in [0.29, 0.717) is 11.3 Å². The van der Waals surface area contributed by atoms with Crippen molar-refractivity contribution in [3.8, 4) is 11.3 Å². The van der Waals surface area contributed by atoms with Crippen LogP contribution in [0.25, 0.3) is 22.2 Å². The van der Waals surface area contributed by atoms with E-state index in [0.717, 1.165) is 28.6 Å². The van der Waals surface area contributed by atoms with E-state index in [1.165, 1.54) is 16.4 Å². The number of hydrogen-bond acceptors (Lipinski definition) is 4. The maximum atomic E-state index is 13.5. The van der Waals surface area contributed by atoms with Gasteiger partial charge in [-0.2, -0.15) is 4.31 Å². The molecular weight excluding hydrogens is 453 g/mol. The van der Waals surface area contributed by atoms with Gasteiger partial charge in [-0.1, -0.05) is 48.5 Å². The molecule has 0 atom stereocenters. The number of aromatic nitrogens is 1. The van der Waals surface area contributed by atoms with Crippen molar-refractivity contribution in [3.05, 3.63) is 96.3 Å². The first-order valence-electron chi connectivity index (χ1n) is 10.9. The number of rotatable bonds is 4. The molecule has 1 amide bonds. The highest BCUT2D eigenvalue weighted by molar-refractivity contribution is 7.89. The Balaban J connectivity index is 1.41. The Kier molecular flexibility index (Phi) is 5.85. The van der Waals surface area contributed by atoms with Crippen LogP contribution in [-0.4, -0.2) is 54.7 Å². The van der Waals surface area contributed by atoms with Gasteiger partial charge in [0, 0.05) is 37.1 Å². The fraction of sp³-hybridized carbons (Fsp3) is 0.154. The Morgan fingerprint density at radius 1 is 0.824 bits per heavy atom. The van der Waals surface area contributed by atoms with Crippen LogP contribution in [0.3, 0.4) is 0 Å². The monoisotopic (exact) mass is 475 g/mol. The minimum atomic E-state index is -3.75. The zero-order valence-electron chi connectivity index (χ0n) is 18.3. The molecule has 2 heterocycles. The molecule has 1 aromatic heterocycles. The van der Waals surface area contributed by atoms with Crippen LogP contribution in [0.1, 0.15) is 10.4 Å². The van der Waals surface area contributed by atoms with Gasteiger partial charge in [0.05, 0.1) is 21.7 Å². The lowest BCUT2D eigenvalue weighted by atomic mass is 10.0. The average molecular weight is 476 g/mol. The molecule has 0 unspecified atom stereocenters. The second-order valence-corrected chi connectivity index (χ2v) is 10.0. The number of para-hydroxylation sites is 1. The summed E-state index contributed by atoms with van der Waals surface area (Å²) in [5.74, 6) is -0.650. The van der Waals surface area contributed by atoms with Crippen molar-refractivity contribution < 1.29 is 17.6 Å². The van der Waals surface area contributed by atoms with E-state index in [1.807, 2.05) is 60.7 Å². The number of benzene rings is 3. The number of hydrogen-bond donors (Lipinski definition) is 0. The van der Waals surface area contributed by atoms with Crippen LogP contribution in [0.5, 0.6) is 0 Å². The maximum absolute atomic E-state index is 13.5. The van der Waals surface area contributed by atoms with Crippen LogP contribution in [-0.2, 0) is 10.0 Å². The summed E-state index contributed by atoms with van der Waals surface area (Å²) < 4.78 is 40.4. The van der Waals surface area contributed by atoms with E-state index in [2.05, 4.69) is 0 Å². The van der Waals surface area contributed by atoms with Gasteiger partial charge in [-0.3, -0.25) is 4.79 Å². The zero-order valence-corrected chi connectivity index (χ0v) is 19.1. The number of amides is 1. The second-order valence-electron chi connectivity index (χ2n) is 8.09. The molecule has 0 spiro atoms. The third-order valence-electron chi connectivity index (χ3n) is 5.99. The van der Waals surface area contributed by atoms with Crippen molar-refractivity contribution in [3.63, 3.8) is 0 Å². The summed E-state index contributed by atoms with van der Waals surface area (Å²) >= 11 is 0. The lowest BCUT2D eigenvalue weighted by Crippen LogP contribution is -2.50. The predicted octanol–water partition coefficient (Wildman–Crippen LogP) is 4.19. The first kappa shape index (κ1) is 22.2. The normalized spacial score (nSPS) is 14.9. The molecule has 34 heavy (non-hydrogen) atoms. The van der Waals surface area contributed by atoms with Crippen molar-refractivity contribution in [2.75, 3.05) is 26.2 Å². The number of halogens is 1. The molecule has 1 saturated heterocycles. The van der Waals surface area contributed by atoms with Crippen LogP contribution in [0.2, 0.25) is 0 Å². The number of piperazine rings is 1. The zero-order chi connectivity index (χ0) is 23.7. The standard InChI is InChI=1S/C26H22FN3O3S/c27-20-10-12-21(13-11-20)34(32,33)30-16-14-29(15-17-30)26(31)23-18-25(19-6-2-1-3-7-19)28-24-9-5-4-8-22(23)24/h1-13,18H,14-17H2. The van der Waals surface area contributed by atoms with Gasteiger partial charge in [0.25, 0.3) is 5.91 Å². The van der Waals surface area contributed by atoms with Gasteiger partial charge in [-0.05, 0) is 36.4 Å². The fourth-order valence-corrected chi connectivity index (χ4v) is 5.59. The highest BCUT2D eigenvalue weighted by Crippen LogP contribution is 2.27. The van der Waals surface area contributed by atoms with Gasteiger partial charge in [-0.15, -0.1) is 0 Å². The van der Waals surface area contributed by atoms with Crippen LogP contribution in [0.15, 0.2) is 89.8 Å². The van der Waals surface area contributed by atoms with E-state index in [9.17, 15) is 17.6 Å². The van der Waals surface area contributed by atoms with Gasteiger partial charge in [0.1, 0.15) is 5.82 Å². The van der Waals surface area contributed by atoms with Crippen LogP contribution in [0, 0.1) is 5.82 Å². The van der Waals surface area contributed by atoms with Gasteiger partial charge < -0.3 is 4.90 Å². The molecule has 4 aromatic rings. The fourth-order valence-electron chi connectivity index (χ4n) is 4.17. The third-order valence-corrected chi connectivity index (χ3v) is 7.91. The number of fused-ring (bicyclic) bond motifs is 1. The average Bonchev–Trinajstić information content (AvgIpc) is 2.88. The smallest absolute Gasteiger partial charge is 0.254 e. The Morgan fingerprint density at radius 3 is 2.18 bits per heavy atom. The molecule has 0 N–H and O–H groups in total. The highest BCUT2D eigenvalue weighted by atomic mass is 32.2. The molecule has 0 bridgehead atoms. The Bertz CT molecular complexity index is 1450. The molecule has 8 heteroatoms. The molecule has 0 aliphatic carbocycles. The van der Waals surface area contributed by atoms with Crippen LogP contribution < -0.4 is 0 Å². The Hall–Kier alpha value is -3.62. The first-order valence-corrected chi connectivity index (χ1v) is 12.4. The van der Waals surface area contributed by atoms with Crippen molar-refractivity contribution in [2.45, 2.75) is 4.90 Å². The lowest BCUT2D eigenvalue weighted by Gasteiger charge is -2.34. The van der Waals surface area contributed by atoms with Crippen LogP contribution >= 0.6 is 0 Å².